The standard InChI is InChI=1S/C25H24N6.C2H2.CH2O/c1-16-8-11-19(12-9-16)27-25-29-21-14-18(17(2)26)10-13-23(21)31(25)15-24-28-20-6-4-5-7-22(20)30(24)3;2*1-2/h4-14H,2,15,26H2,1,3H3,(H,27,29);1-2H;1H2. The van der Waals surface area contributed by atoms with Crippen molar-refractivity contribution in [2.45, 2.75) is 13.5 Å². The van der Waals surface area contributed by atoms with Gasteiger partial charge in [-0.05, 0) is 48.9 Å². The van der Waals surface area contributed by atoms with Gasteiger partial charge in [0.2, 0.25) is 5.95 Å². The lowest BCUT2D eigenvalue weighted by Crippen LogP contribution is -2.09. The molecule has 5 aromatic rings. The highest BCUT2D eigenvalue weighted by atomic mass is 16.1. The summed E-state index contributed by atoms with van der Waals surface area (Å²) < 4.78 is 4.28. The molecule has 2 heterocycles. The summed E-state index contributed by atoms with van der Waals surface area (Å²) in [6.07, 6.45) is 8.00. The fourth-order valence-corrected chi connectivity index (χ4v) is 3.83. The average molecular weight is 465 g/mol. The van der Waals surface area contributed by atoms with Crippen molar-refractivity contribution in [3.05, 3.63) is 90.3 Å². The van der Waals surface area contributed by atoms with Crippen molar-refractivity contribution in [2.75, 3.05) is 5.32 Å². The quantitative estimate of drug-likeness (QED) is 0.357. The maximum Gasteiger partial charge on any atom is 0.208 e. The van der Waals surface area contributed by atoms with Gasteiger partial charge in [-0.1, -0.05) is 42.5 Å². The first kappa shape index (κ1) is 24.8. The molecule has 0 bridgehead atoms. The van der Waals surface area contributed by atoms with Crippen LogP contribution in [0.3, 0.4) is 0 Å². The molecular weight excluding hydrogens is 436 g/mol. The second-order valence-electron chi connectivity index (χ2n) is 7.82. The van der Waals surface area contributed by atoms with Crippen molar-refractivity contribution in [3.8, 4) is 12.8 Å². The van der Waals surface area contributed by atoms with Crippen molar-refractivity contribution in [2.24, 2.45) is 12.8 Å². The van der Waals surface area contributed by atoms with Crippen LogP contribution in [0.25, 0.3) is 27.8 Å². The summed E-state index contributed by atoms with van der Waals surface area (Å²) in [5.74, 6) is 1.71. The number of aromatic nitrogens is 4. The summed E-state index contributed by atoms with van der Waals surface area (Å²) in [5, 5.41) is 3.47. The first-order chi connectivity index (χ1) is 17.0. The fraction of sp³-hybridized carbons (Fsp3) is 0.107. The molecule has 0 saturated heterocycles. The first-order valence-electron chi connectivity index (χ1n) is 10.8. The molecule has 35 heavy (non-hydrogen) atoms. The van der Waals surface area contributed by atoms with Gasteiger partial charge < -0.3 is 25.0 Å². The van der Waals surface area contributed by atoms with Gasteiger partial charge in [0.1, 0.15) is 12.6 Å². The molecule has 7 heteroatoms. The number of para-hydroxylation sites is 2. The van der Waals surface area contributed by atoms with E-state index in [1.165, 1.54) is 5.56 Å². The van der Waals surface area contributed by atoms with Crippen LogP contribution in [-0.2, 0) is 18.4 Å². The number of imidazole rings is 2. The summed E-state index contributed by atoms with van der Waals surface area (Å²) in [4.78, 5) is 17.7. The number of hydrogen-bond acceptors (Lipinski definition) is 5. The zero-order valence-corrected chi connectivity index (χ0v) is 19.9. The highest BCUT2D eigenvalue weighted by molar-refractivity contribution is 5.83. The number of nitrogens with two attached hydrogens (primary N) is 1. The van der Waals surface area contributed by atoms with E-state index in [0.29, 0.717) is 12.2 Å². The normalized spacial score (nSPS) is 10.2. The molecule has 2 aromatic heterocycles. The number of benzene rings is 3. The number of carbonyl (C=O) groups is 1. The summed E-state index contributed by atoms with van der Waals surface area (Å²) in [7, 11) is 2.05. The smallest absolute Gasteiger partial charge is 0.208 e. The van der Waals surface area contributed by atoms with Crippen LogP contribution in [0, 0.1) is 19.8 Å². The van der Waals surface area contributed by atoms with Crippen molar-refractivity contribution >= 4 is 46.2 Å². The Morgan fingerprint density at radius 3 is 2.31 bits per heavy atom. The van der Waals surface area contributed by atoms with Crippen LogP contribution in [0.5, 0.6) is 0 Å². The zero-order valence-electron chi connectivity index (χ0n) is 19.9. The van der Waals surface area contributed by atoms with E-state index in [2.05, 4.69) is 71.1 Å². The van der Waals surface area contributed by atoms with E-state index >= 15 is 0 Å². The van der Waals surface area contributed by atoms with Gasteiger partial charge in [-0.15, -0.1) is 12.8 Å². The third-order valence-electron chi connectivity index (χ3n) is 5.61. The minimum atomic E-state index is 0.528. The number of aryl methyl sites for hydroxylation is 2. The molecule has 0 aliphatic rings. The Morgan fingerprint density at radius 2 is 1.66 bits per heavy atom. The largest absolute Gasteiger partial charge is 0.399 e. The Morgan fingerprint density at radius 1 is 0.971 bits per heavy atom. The number of nitrogens with one attached hydrogen (secondary N) is 1. The number of hydrogen-bond donors (Lipinski definition) is 2. The number of anilines is 2. The summed E-state index contributed by atoms with van der Waals surface area (Å²) in [5.41, 5.74) is 13.5. The number of carbonyl (C=O) groups excluding carboxylic acids is 1. The van der Waals surface area contributed by atoms with E-state index in [-0.39, 0.29) is 0 Å². The van der Waals surface area contributed by atoms with Crippen molar-refractivity contribution < 1.29 is 4.79 Å². The van der Waals surface area contributed by atoms with Crippen molar-refractivity contribution in [1.82, 2.24) is 19.1 Å². The Balaban J connectivity index is 0.000000815. The monoisotopic (exact) mass is 464 g/mol. The van der Waals surface area contributed by atoms with Crippen LogP contribution in [-0.4, -0.2) is 25.9 Å². The van der Waals surface area contributed by atoms with E-state index in [9.17, 15) is 0 Å². The lowest BCUT2D eigenvalue weighted by molar-refractivity contribution is -0.0979. The molecule has 0 aliphatic heterocycles. The Kier molecular flexibility index (Phi) is 7.70. The fourth-order valence-electron chi connectivity index (χ4n) is 3.83. The van der Waals surface area contributed by atoms with Crippen LogP contribution in [0.15, 0.2) is 73.3 Å². The molecule has 0 fully saturated rings. The molecule has 0 radical (unpaired) electrons. The second kappa shape index (κ2) is 10.9. The third-order valence-corrected chi connectivity index (χ3v) is 5.61. The molecule has 0 saturated carbocycles. The molecule has 5 rings (SSSR count). The second-order valence-corrected chi connectivity index (χ2v) is 7.82. The van der Waals surface area contributed by atoms with Gasteiger partial charge in [0.05, 0.1) is 28.6 Å². The van der Waals surface area contributed by atoms with E-state index in [1.54, 1.807) is 0 Å². The summed E-state index contributed by atoms with van der Waals surface area (Å²) in [6, 6.07) is 22.4. The highest BCUT2D eigenvalue weighted by Gasteiger charge is 2.16. The topological polar surface area (TPSA) is 90.8 Å². The Labute approximate surface area is 204 Å². The number of nitrogens with zero attached hydrogens (tertiary/aromatic N) is 4. The Hall–Kier alpha value is -4.83. The van der Waals surface area contributed by atoms with Gasteiger partial charge in [-0.2, -0.15) is 0 Å². The van der Waals surface area contributed by atoms with Gasteiger partial charge in [0, 0.05) is 18.4 Å². The molecule has 176 valence electrons. The van der Waals surface area contributed by atoms with Crippen molar-refractivity contribution in [1.29, 1.82) is 0 Å². The van der Waals surface area contributed by atoms with Gasteiger partial charge >= 0.3 is 0 Å². The minimum Gasteiger partial charge on any atom is -0.399 e. The molecule has 0 spiro atoms. The lowest BCUT2D eigenvalue weighted by atomic mass is 10.1. The predicted molar refractivity (Wildman–Crippen MR) is 144 cm³/mol. The maximum absolute atomic E-state index is 8.00. The number of fused-ring (bicyclic) bond motifs is 2. The third kappa shape index (κ3) is 5.07. The summed E-state index contributed by atoms with van der Waals surface area (Å²) >= 11 is 0. The predicted octanol–water partition coefficient (Wildman–Crippen LogP) is 5.02. The molecule has 7 nitrogen and oxygen atoms in total. The average Bonchev–Trinajstić information content (AvgIpc) is 3.39. The highest BCUT2D eigenvalue weighted by Crippen LogP contribution is 2.27. The van der Waals surface area contributed by atoms with E-state index in [4.69, 9.17) is 20.5 Å². The molecule has 3 aromatic carbocycles. The van der Waals surface area contributed by atoms with Gasteiger partial charge in [0.25, 0.3) is 0 Å². The molecule has 0 amide bonds. The van der Waals surface area contributed by atoms with E-state index in [1.807, 2.05) is 50.2 Å². The lowest BCUT2D eigenvalue weighted by Gasteiger charge is -2.11. The number of rotatable bonds is 5. The molecule has 3 N–H and O–H groups in total. The molecule has 0 unspecified atom stereocenters. The van der Waals surface area contributed by atoms with Crippen LogP contribution in [0.1, 0.15) is 17.0 Å². The maximum atomic E-state index is 8.00. The zero-order chi connectivity index (χ0) is 25.5. The SMILES string of the molecule is C#C.C=C(N)c1ccc2c(c1)nc(Nc1ccc(C)cc1)n2Cc1nc2ccccc2n1C.C=O. The first-order valence-corrected chi connectivity index (χ1v) is 10.8. The van der Waals surface area contributed by atoms with Crippen LogP contribution >= 0.6 is 0 Å². The molecular formula is C28H28N6O. The van der Waals surface area contributed by atoms with E-state index < -0.39 is 0 Å². The van der Waals surface area contributed by atoms with Crippen molar-refractivity contribution in [3.63, 3.8) is 0 Å². The van der Waals surface area contributed by atoms with E-state index in [0.717, 1.165) is 45.1 Å². The number of terminal acetylenes is 1. The molecule has 0 aliphatic carbocycles. The Bertz CT molecular complexity index is 1490. The molecule has 0 atom stereocenters. The van der Waals surface area contributed by atoms with Gasteiger partial charge in [-0.25, -0.2) is 9.97 Å². The van der Waals surface area contributed by atoms with Gasteiger partial charge in [0.15, 0.2) is 0 Å². The van der Waals surface area contributed by atoms with Crippen LogP contribution in [0.2, 0.25) is 0 Å². The van der Waals surface area contributed by atoms with Crippen LogP contribution in [0.4, 0.5) is 11.6 Å². The van der Waals surface area contributed by atoms with Gasteiger partial charge in [-0.3, -0.25) is 0 Å². The van der Waals surface area contributed by atoms with Crippen LogP contribution < -0.4 is 11.1 Å². The minimum absolute atomic E-state index is 0.528. The summed E-state index contributed by atoms with van der Waals surface area (Å²) in [6.45, 7) is 8.51.